The van der Waals surface area contributed by atoms with Gasteiger partial charge in [0.1, 0.15) is 5.75 Å². The van der Waals surface area contributed by atoms with Gasteiger partial charge in [-0.15, -0.1) is 0 Å². The fourth-order valence-corrected chi connectivity index (χ4v) is 1.03. The third-order valence-electron chi connectivity index (χ3n) is 1.32. The lowest BCUT2D eigenvalue weighted by Gasteiger charge is -2.10. The number of hydrogen-bond donors (Lipinski definition) is 1. The summed E-state index contributed by atoms with van der Waals surface area (Å²) in [5.41, 5.74) is -3.14. The molecule has 1 aromatic rings. The monoisotopic (exact) mass is 191 g/mol. The third-order valence-corrected chi connectivity index (χ3v) is 1.59. The molecule has 0 amide bonds. The van der Waals surface area contributed by atoms with Crippen molar-refractivity contribution in [3.05, 3.63) is 23.5 Å². The zero-order valence-corrected chi connectivity index (χ0v) is 7.54. The van der Waals surface area contributed by atoms with Crippen molar-refractivity contribution in [2.24, 2.45) is 0 Å². The first-order valence-electron chi connectivity index (χ1n) is 3.24. The summed E-state index contributed by atoms with van der Waals surface area (Å²) < 4.78 is 25.2. The minimum Gasteiger partial charge on any atom is -0.506 e. The van der Waals surface area contributed by atoms with E-state index in [1.54, 1.807) is 6.92 Å². The van der Waals surface area contributed by atoms with Crippen LogP contribution in [0, 0.1) is 6.92 Å². The molecule has 1 atom stereocenters. The lowest BCUT2D eigenvalue weighted by atomic mass is 10.2. The summed E-state index contributed by atoms with van der Waals surface area (Å²) in [4.78, 5) is 3.43. The Hall–Kier alpha value is -0.760. The smallest absolute Gasteiger partial charge is 0.303 e. The van der Waals surface area contributed by atoms with Crippen LogP contribution < -0.4 is 0 Å². The molecule has 0 aliphatic heterocycles. The Labute approximate surface area is 70.8 Å². The van der Waals surface area contributed by atoms with E-state index < -0.39 is 17.1 Å². The predicted molar refractivity (Wildman–Crippen MR) is 44.2 cm³/mol. The van der Waals surface area contributed by atoms with E-state index in [0.717, 1.165) is 0 Å². The quantitative estimate of drug-likeness (QED) is 0.689. The molecule has 0 spiro atoms. The van der Waals surface area contributed by atoms with Gasteiger partial charge in [-0.25, -0.2) is 0 Å². The van der Waals surface area contributed by atoms with Crippen LogP contribution in [0.2, 0.25) is 0 Å². The molecule has 1 unspecified atom stereocenters. The van der Waals surface area contributed by atoms with Crippen molar-refractivity contribution >= 4 is 9.24 Å². The van der Waals surface area contributed by atoms with Gasteiger partial charge in [0.05, 0.1) is 0 Å². The standard InChI is InChI=1S/C7H8F2NOP/c1-4-2-5(11)6(10-3-4)7(8,9)12/h2-3,11H,12H2,1H3. The molecule has 0 aliphatic rings. The average molecular weight is 191 g/mol. The van der Waals surface area contributed by atoms with E-state index in [2.05, 4.69) is 4.98 Å². The maximum Gasteiger partial charge on any atom is 0.303 e. The summed E-state index contributed by atoms with van der Waals surface area (Å²) >= 11 is 0. The van der Waals surface area contributed by atoms with E-state index in [4.69, 9.17) is 5.11 Å². The summed E-state index contributed by atoms with van der Waals surface area (Å²) in [7, 11) is 1.32. The Balaban J connectivity index is 3.19. The first-order valence-corrected chi connectivity index (χ1v) is 3.82. The molecule has 0 aliphatic carbocycles. The Kier molecular flexibility index (Phi) is 2.29. The summed E-state index contributed by atoms with van der Waals surface area (Å²) in [6.07, 6.45) is 1.28. The van der Waals surface area contributed by atoms with E-state index in [1.807, 2.05) is 0 Å². The number of nitrogens with zero attached hydrogens (tertiary/aromatic N) is 1. The van der Waals surface area contributed by atoms with Crippen molar-refractivity contribution in [3.8, 4) is 5.75 Å². The van der Waals surface area contributed by atoms with Gasteiger partial charge in [0, 0.05) is 6.20 Å². The molecule has 0 aromatic carbocycles. The highest BCUT2D eigenvalue weighted by Crippen LogP contribution is 2.38. The number of halogens is 2. The van der Waals surface area contributed by atoms with Crippen LogP contribution in [-0.2, 0) is 5.66 Å². The Morgan fingerprint density at radius 3 is 2.58 bits per heavy atom. The predicted octanol–water partition coefficient (Wildman–Crippen LogP) is 2.02. The molecule has 1 heterocycles. The van der Waals surface area contributed by atoms with Crippen LogP contribution in [0.25, 0.3) is 0 Å². The second-order valence-corrected chi connectivity index (χ2v) is 3.23. The maximum atomic E-state index is 12.6. The SMILES string of the molecule is Cc1cnc(C(F)(F)P)c(O)c1. The van der Waals surface area contributed by atoms with Gasteiger partial charge >= 0.3 is 5.66 Å². The van der Waals surface area contributed by atoms with Crippen molar-refractivity contribution < 1.29 is 13.9 Å². The van der Waals surface area contributed by atoms with E-state index in [-0.39, 0.29) is 0 Å². The van der Waals surface area contributed by atoms with Crippen LogP contribution in [0.1, 0.15) is 11.3 Å². The number of rotatable bonds is 1. The summed E-state index contributed by atoms with van der Waals surface area (Å²) in [5, 5.41) is 9.07. The fourth-order valence-electron chi connectivity index (χ4n) is 0.811. The zero-order chi connectivity index (χ0) is 9.35. The Bertz CT molecular complexity index is 298. The van der Waals surface area contributed by atoms with E-state index >= 15 is 0 Å². The van der Waals surface area contributed by atoms with Gasteiger partial charge in [0.15, 0.2) is 5.69 Å². The number of aromatic nitrogens is 1. The molecule has 5 heteroatoms. The molecule has 0 bridgehead atoms. The maximum absolute atomic E-state index is 12.6. The topological polar surface area (TPSA) is 33.1 Å². The van der Waals surface area contributed by atoms with Crippen molar-refractivity contribution in [3.63, 3.8) is 0 Å². The first-order chi connectivity index (χ1) is 5.41. The highest BCUT2D eigenvalue weighted by atomic mass is 31.0. The summed E-state index contributed by atoms with van der Waals surface area (Å²) in [6.45, 7) is 1.66. The number of hydrogen-bond acceptors (Lipinski definition) is 2. The zero-order valence-electron chi connectivity index (χ0n) is 6.38. The molecular formula is C7H8F2NOP. The molecule has 1 N–H and O–H groups in total. The number of alkyl halides is 2. The number of aromatic hydroxyl groups is 1. The van der Waals surface area contributed by atoms with Crippen molar-refractivity contribution in [2.75, 3.05) is 0 Å². The van der Waals surface area contributed by atoms with E-state index in [0.29, 0.717) is 5.56 Å². The largest absolute Gasteiger partial charge is 0.506 e. The number of aryl methyl sites for hydroxylation is 1. The third kappa shape index (κ3) is 1.89. The molecule has 0 fully saturated rings. The normalized spacial score (nSPS) is 11.7. The van der Waals surface area contributed by atoms with Gasteiger partial charge in [-0.05, 0) is 18.6 Å². The van der Waals surface area contributed by atoms with Crippen LogP contribution in [0.3, 0.4) is 0 Å². The van der Waals surface area contributed by atoms with Gasteiger partial charge in [0.2, 0.25) is 0 Å². The Morgan fingerprint density at radius 1 is 1.58 bits per heavy atom. The minimum atomic E-state index is -3.17. The molecule has 0 saturated heterocycles. The molecule has 0 radical (unpaired) electrons. The molecule has 66 valence electrons. The van der Waals surface area contributed by atoms with Crippen LogP contribution in [0.15, 0.2) is 12.3 Å². The van der Waals surface area contributed by atoms with E-state index in [9.17, 15) is 8.78 Å². The summed E-state index contributed by atoms with van der Waals surface area (Å²) in [6, 6.07) is 1.25. The lowest BCUT2D eigenvalue weighted by Crippen LogP contribution is -2.05. The molecular weight excluding hydrogens is 183 g/mol. The van der Waals surface area contributed by atoms with Crippen molar-refractivity contribution in [1.82, 2.24) is 4.98 Å². The number of pyridine rings is 1. The Morgan fingerprint density at radius 2 is 2.17 bits per heavy atom. The summed E-state index contributed by atoms with van der Waals surface area (Å²) in [5.74, 6) is -0.477. The van der Waals surface area contributed by atoms with Gasteiger partial charge in [-0.2, -0.15) is 8.78 Å². The first kappa shape index (κ1) is 9.33. The second-order valence-electron chi connectivity index (χ2n) is 2.50. The van der Waals surface area contributed by atoms with Crippen molar-refractivity contribution in [1.29, 1.82) is 0 Å². The molecule has 12 heavy (non-hydrogen) atoms. The second kappa shape index (κ2) is 2.94. The van der Waals surface area contributed by atoms with Crippen LogP contribution in [0.4, 0.5) is 8.78 Å². The lowest BCUT2D eigenvalue weighted by molar-refractivity contribution is 0.0951. The highest BCUT2D eigenvalue weighted by molar-refractivity contribution is 7.17. The van der Waals surface area contributed by atoms with Crippen LogP contribution >= 0.6 is 9.24 Å². The highest BCUT2D eigenvalue weighted by Gasteiger charge is 2.29. The minimum absolute atomic E-state index is 0.477. The van der Waals surface area contributed by atoms with Crippen molar-refractivity contribution in [2.45, 2.75) is 12.6 Å². The van der Waals surface area contributed by atoms with Gasteiger partial charge in [-0.3, -0.25) is 4.98 Å². The average Bonchev–Trinajstić information content (AvgIpc) is 1.83. The van der Waals surface area contributed by atoms with Gasteiger partial charge in [0.25, 0.3) is 0 Å². The fraction of sp³-hybridized carbons (Fsp3) is 0.286. The van der Waals surface area contributed by atoms with Crippen LogP contribution in [-0.4, -0.2) is 10.1 Å². The molecule has 1 rings (SSSR count). The van der Waals surface area contributed by atoms with Gasteiger partial charge < -0.3 is 5.11 Å². The molecule has 2 nitrogen and oxygen atoms in total. The van der Waals surface area contributed by atoms with E-state index in [1.165, 1.54) is 21.5 Å². The molecule has 0 saturated carbocycles. The molecule has 1 aromatic heterocycles. The van der Waals surface area contributed by atoms with Gasteiger partial charge in [-0.1, -0.05) is 9.24 Å². The van der Waals surface area contributed by atoms with Crippen LogP contribution in [0.5, 0.6) is 5.75 Å².